The minimum atomic E-state index is 0.365. The standard InChI is InChI=1S/C9H19NO/c1-9(2,3)7-5-10-6-8(7)11-4/h7-8,10H,5-6H2,1-4H3/t7?,8-/m1/s1. The van der Waals surface area contributed by atoms with Crippen molar-refractivity contribution >= 4 is 0 Å². The van der Waals surface area contributed by atoms with Crippen LogP contribution in [0.15, 0.2) is 0 Å². The van der Waals surface area contributed by atoms with E-state index in [1.807, 2.05) is 0 Å². The molecule has 0 bridgehead atoms. The van der Waals surface area contributed by atoms with Gasteiger partial charge in [-0.1, -0.05) is 20.8 Å². The zero-order chi connectivity index (χ0) is 8.48. The highest BCUT2D eigenvalue weighted by Gasteiger charge is 2.35. The lowest BCUT2D eigenvalue weighted by molar-refractivity contribution is 0.0391. The summed E-state index contributed by atoms with van der Waals surface area (Å²) in [5.41, 5.74) is 0.365. The van der Waals surface area contributed by atoms with Gasteiger partial charge in [-0.25, -0.2) is 0 Å². The summed E-state index contributed by atoms with van der Waals surface area (Å²) in [6.07, 6.45) is 0.412. The molecule has 0 aromatic heterocycles. The van der Waals surface area contributed by atoms with Gasteiger partial charge in [-0.05, 0) is 5.41 Å². The van der Waals surface area contributed by atoms with Crippen molar-refractivity contribution in [3.63, 3.8) is 0 Å². The Labute approximate surface area is 69.3 Å². The summed E-state index contributed by atoms with van der Waals surface area (Å²) in [7, 11) is 1.80. The predicted octanol–water partition coefficient (Wildman–Crippen LogP) is 1.27. The first-order valence-corrected chi connectivity index (χ1v) is 4.29. The largest absolute Gasteiger partial charge is 0.380 e. The van der Waals surface area contributed by atoms with Crippen molar-refractivity contribution in [2.45, 2.75) is 26.9 Å². The average Bonchev–Trinajstić information content (AvgIpc) is 2.31. The van der Waals surface area contributed by atoms with Crippen molar-refractivity contribution in [3.05, 3.63) is 0 Å². The van der Waals surface area contributed by atoms with E-state index in [0.29, 0.717) is 17.4 Å². The number of hydrogen-bond acceptors (Lipinski definition) is 2. The van der Waals surface area contributed by atoms with Crippen LogP contribution in [0.3, 0.4) is 0 Å². The molecule has 1 unspecified atom stereocenters. The van der Waals surface area contributed by atoms with E-state index in [1.165, 1.54) is 0 Å². The molecule has 0 aromatic rings. The fourth-order valence-corrected chi connectivity index (χ4v) is 1.77. The van der Waals surface area contributed by atoms with Crippen LogP contribution in [0, 0.1) is 11.3 Å². The van der Waals surface area contributed by atoms with Crippen LogP contribution < -0.4 is 5.32 Å². The van der Waals surface area contributed by atoms with Crippen LogP contribution in [-0.4, -0.2) is 26.3 Å². The quantitative estimate of drug-likeness (QED) is 0.619. The van der Waals surface area contributed by atoms with Crippen molar-refractivity contribution in [1.82, 2.24) is 5.32 Å². The van der Waals surface area contributed by atoms with Gasteiger partial charge in [-0.15, -0.1) is 0 Å². The molecule has 1 N–H and O–H groups in total. The third-order valence-electron chi connectivity index (χ3n) is 2.57. The monoisotopic (exact) mass is 157 g/mol. The lowest BCUT2D eigenvalue weighted by atomic mass is 9.79. The van der Waals surface area contributed by atoms with Gasteiger partial charge in [0.15, 0.2) is 0 Å². The summed E-state index contributed by atoms with van der Waals surface area (Å²) >= 11 is 0. The topological polar surface area (TPSA) is 21.3 Å². The van der Waals surface area contributed by atoms with Crippen LogP contribution in [-0.2, 0) is 4.74 Å². The third kappa shape index (κ3) is 1.94. The van der Waals surface area contributed by atoms with Crippen molar-refractivity contribution in [3.8, 4) is 0 Å². The fraction of sp³-hybridized carbons (Fsp3) is 1.00. The molecule has 1 saturated heterocycles. The number of ether oxygens (including phenoxy) is 1. The Hall–Kier alpha value is -0.0800. The first-order valence-electron chi connectivity index (χ1n) is 4.29. The first-order chi connectivity index (χ1) is 5.05. The molecule has 0 amide bonds. The summed E-state index contributed by atoms with van der Waals surface area (Å²) < 4.78 is 5.39. The molecule has 2 nitrogen and oxygen atoms in total. The maximum absolute atomic E-state index is 5.39. The van der Waals surface area contributed by atoms with Crippen LogP contribution >= 0.6 is 0 Å². The van der Waals surface area contributed by atoms with E-state index in [2.05, 4.69) is 26.1 Å². The number of nitrogens with one attached hydrogen (secondary N) is 1. The SMILES string of the molecule is CO[C@@H]1CNCC1C(C)(C)C. The molecule has 66 valence electrons. The van der Waals surface area contributed by atoms with Crippen LogP contribution in [0.2, 0.25) is 0 Å². The van der Waals surface area contributed by atoms with Gasteiger partial charge in [0.25, 0.3) is 0 Å². The van der Waals surface area contributed by atoms with Crippen LogP contribution in [0.5, 0.6) is 0 Å². The summed E-state index contributed by atoms with van der Waals surface area (Å²) in [6.45, 7) is 8.94. The Morgan fingerprint density at radius 2 is 1.91 bits per heavy atom. The van der Waals surface area contributed by atoms with Crippen molar-refractivity contribution < 1.29 is 4.74 Å². The molecule has 0 saturated carbocycles. The van der Waals surface area contributed by atoms with Gasteiger partial charge < -0.3 is 10.1 Å². The lowest BCUT2D eigenvalue weighted by Crippen LogP contribution is -2.32. The van der Waals surface area contributed by atoms with Crippen LogP contribution in [0.25, 0.3) is 0 Å². The van der Waals surface area contributed by atoms with Crippen LogP contribution in [0.4, 0.5) is 0 Å². The van der Waals surface area contributed by atoms with Crippen molar-refractivity contribution in [2.75, 3.05) is 20.2 Å². The summed E-state index contributed by atoms with van der Waals surface area (Å²) in [6, 6.07) is 0. The summed E-state index contributed by atoms with van der Waals surface area (Å²) in [5, 5.41) is 3.35. The van der Waals surface area contributed by atoms with E-state index in [-0.39, 0.29) is 0 Å². The second kappa shape index (κ2) is 3.11. The number of rotatable bonds is 1. The van der Waals surface area contributed by atoms with E-state index in [0.717, 1.165) is 13.1 Å². The second-order valence-corrected chi connectivity index (χ2v) is 4.40. The molecule has 1 aliphatic rings. The molecule has 1 rings (SSSR count). The molecule has 1 heterocycles. The van der Waals surface area contributed by atoms with Gasteiger partial charge in [-0.3, -0.25) is 0 Å². The Balaban J connectivity index is 2.57. The molecule has 1 aliphatic heterocycles. The Morgan fingerprint density at radius 1 is 1.27 bits per heavy atom. The summed E-state index contributed by atoms with van der Waals surface area (Å²) in [5.74, 6) is 0.660. The first kappa shape index (κ1) is 9.01. The van der Waals surface area contributed by atoms with Crippen LogP contribution in [0.1, 0.15) is 20.8 Å². The van der Waals surface area contributed by atoms with E-state index >= 15 is 0 Å². The predicted molar refractivity (Wildman–Crippen MR) is 46.6 cm³/mol. The highest BCUT2D eigenvalue weighted by molar-refractivity contribution is 4.89. The molecule has 0 aromatic carbocycles. The molecule has 2 heteroatoms. The van der Waals surface area contributed by atoms with Gasteiger partial charge in [-0.2, -0.15) is 0 Å². The normalized spacial score (nSPS) is 32.7. The van der Waals surface area contributed by atoms with E-state index in [9.17, 15) is 0 Å². The fourth-order valence-electron chi connectivity index (χ4n) is 1.77. The van der Waals surface area contributed by atoms with Gasteiger partial charge in [0, 0.05) is 26.1 Å². The zero-order valence-electron chi connectivity index (χ0n) is 7.98. The molecule has 1 fully saturated rings. The molecule has 0 radical (unpaired) electrons. The van der Waals surface area contributed by atoms with Crippen molar-refractivity contribution in [2.24, 2.45) is 11.3 Å². The molecular weight excluding hydrogens is 138 g/mol. The Bertz CT molecular complexity index is 128. The maximum Gasteiger partial charge on any atom is 0.0740 e. The van der Waals surface area contributed by atoms with Gasteiger partial charge in [0.2, 0.25) is 0 Å². The van der Waals surface area contributed by atoms with Gasteiger partial charge in [0.1, 0.15) is 0 Å². The minimum Gasteiger partial charge on any atom is -0.380 e. The van der Waals surface area contributed by atoms with E-state index in [4.69, 9.17) is 4.74 Å². The lowest BCUT2D eigenvalue weighted by Gasteiger charge is -2.30. The molecule has 0 spiro atoms. The zero-order valence-corrected chi connectivity index (χ0v) is 7.98. The van der Waals surface area contributed by atoms with E-state index in [1.54, 1.807) is 7.11 Å². The Morgan fingerprint density at radius 3 is 2.27 bits per heavy atom. The van der Waals surface area contributed by atoms with Crippen molar-refractivity contribution in [1.29, 1.82) is 0 Å². The highest BCUT2D eigenvalue weighted by Crippen LogP contribution is 2.31. The average molecular weight is 157 g/mol. The molecule has 2 atom stereocenters. The molecular formula is C9H19NO. The second-order valence-electron chi connectivity index (χ2n) is 4.40. The molecule has 0 aliphatic carbocycles. The highest BCUT2D eigenvalue weighted by atomic mass is 16.5. The minimum absolute atomic E-state index is 0.365. The Kier molecular flexibility index (Phi) is 2.55. The molecule has 11 heavy (non-hydrogen) atoms. The number of methoxy groups -OCH3 is 1. The third-order valence-corrected chi connectivity index (χ3v) is 2.57. The summed E-state index contributed by atoms with van der Waals surface area (Å²) in [4.78, 5) is 0. The number of hydrogen-bond donors (Lipinski definition) is 1. The smallest absolute Gasteiger partial charge is 0.0740 e. The van der Waals surface area contributed by atoms with Gasteiger partial charge >= 0.3 is 0 Å². The van der Waals surface area contributed by atoms with E-state index < -0.39 is 0 Å². The van der Waals surface area contributed by atoms with Gasteiger partial charge in [0.05, 0.1) is 6.10 Å². The maximum atomic E-state index is 5.39.